The van der Waals surface area contributed by atoms with Gasteiger partial charge in [-0.05, 0) is 36.2 Å². The highest BCUT2D eigenvalue weighted by molar-refractivity contribution is 6.31. The Morgan fingerprint density at radius 3 is 2.67 bits per heavy atom. The van der Waals surface area contributed by atoms with E-state index in [0.717, 1.165) is 18.0 Å². The number of ether oxygens (including phenoxy) is 2. The largest absolute Gasteiger partial charge is 0.493 e. The number of halogens is 1. The summed E-state index contributed by atoms with van der Waals surface area (Å²) in [6.07, 6.45) is 0.953. The minimum Gasteiger partial charge on any atom is -0.493 e. The smallest absolute Gasteiger partial charge is 0.161 e. The zero-order valence-electron chi connectivity index (χ0n) is 12.4. The molecule has 2 aromatic rings. The molecule has 0 amide bonds. The molecule has 5 heteroatoms. The Kier molecular flexibility index (Phi) is 5.28. The van der Waals surface area contributed by atoms with Crippen LogP contribution in [0.3, 0.4) is 0 Å². The molecule has 0 fully saturated rings. The highest BCUT2D eigenvalue weighted by atomic mass is 35.5. The second-order valence-corrected chi connectivity index (χ2v) is 4.91. The summed E-state index contributed by atoms with van der Waals surface area (Å²) < 4.78 is 11.2. The van der Waals surface area contributed by atoms with Gasteiger partial charge in [-0.25, -0.2) is 4.98 Å². The Morgan fingerprint density at radius 1 is 1.19 bits per heavy atom. The first kappa shape index (κ1) is 15.4. The predicted molar refractivity (Wildman–Crippen MR) is 85.5 cm³/mol. The van der Waals surface area contributed by atoms with Gasteiger partial charge in [0.1, 0.15) is 12.4 Å². The third-order valence-electron chi connectivity index (χ3n) is 3.18. The van der Waals surface area contributed by atoms with E-state index in [1.165, 1.54) is 5.56 Å². The van der Waals surface area contributed by atoms with Crippen molar-refractivity contribution in [3.63, 3.8) is 0 Å². The summed E-state index contributed by atoms with van der Waals surface area (Å²) in [5.41, 5.74) is 1.89. The van der Waals surface area contributed by atoms with Crippen LogP contribution in [0.15, 0.2) is 30.3 Å². The van der Waals surface area contributed by atoms with E-state index in [1.807, 2.05) is 31.3 Å². The number of benzene rings is 1. The zero-order valence-corrected chi connectivity index (χ0v) is 13.2. The van der Waals surface area contributed by atoms with Crippen LogP contribution in [-0.4, -0.2) is 19.1 Å². The van der Waals surface area contributed by atoms with Gasteiger partial charge < -0.3 is 14.8 Å². The van der Waals surface area contributed by atoms with Gasteiger partial charge in [-0.2, -0.15) is 0 Å². The van der Waals surface area contributed by atoms with Gasteiger partial charge in [-0.1, -0.05) is 24.6 Å². The van der Waals surface area contributed by atoms with Gasteiger partial charge in [-0.3, -0.25) is 0 Å². The lowest BCUT2D eigenvalue weighted by atomic mass is 10.1. The van der Waals surface area contributed by atoms with E-state index < -0.39 is 0 Å². The molecule has 0 saturated carbocycles. The standard InChI is InChI=1S/C16H19ClN2O2/c1-4-11-5-7-14(15(9-11)20-3)21-10-13-12(17)6-8-16(18-2)19-13/h5-9H,4,10H2,1-3H3,(H,18,19). The average Bonchev–Trinajstić information content (AvgIpc) is 2.54. The Bertz CT molecular complexity index is 617. The number of anilines is 1. The maximum atomic E-state index is 6.14. The molecule has 0 spiro atoms. The molecule has 4 nitrogen and oxygen atoms in total. The predicted octanol–water partition coefficient (Wildman–Crippen LogP) is 3.93. The van der Waals surface area contributed by atoms with Crippen molar-refractivity contribution in [1.29, 1.82) is 0 Å². The van der Waals surface area contributed by atoms with Crippen LogP contribution in [0.1, 0.15) is 18.2 Å². The van der Waals surface area contributed by atoms with E-state index in [4.69, 9.17) is 21.1 Å². The van der Waals surface area contributed by atoms with Crippen LogP contribution in [-0.2, 0) is 13.0 Å². The molecule has 1 aromatic carbocycles. The molecular weight excluding hydrogens is 288 g/mol. The fourth-order valence-electron chi connectivity index (χ4n) is 1.92. The molecule has 0 saturated heterocycles. The van der Waals surface area contributed by atoms with Crippen molar-refractivity contribution in [2.45, 2.75) is 20.0 Å². The molecular formula is C16H19ClN2O2. The Morgan fingerprint density at radius 2 is 2.00 bits per heavy atom. The molecule has 0 radical (unpaired) electrons. The first-order chi connectivity index (χ1) is 10.2. The molecule has 0 bridgehead atoms. The zero-order chi connectivity index (χ0) is 15.2. The Hall–Kier alpha value is -1.94. The highest BCUT2D eigenvalue weighted by Crippen LogP contribution is 2.29. The number of methoxy groups -OCH3 is 1. The van der Waals surface area contributed by atoms with Crippen molar-refractivity contribution < 1.29 is 9.47 Å². The van der Waals surface area contributed by atoms with E-state index in [-0.39, 0.29) is 6.61 Å². The molecule has 0 aliphatic heterocycles. The summed E-state index contributed by atoms with van der Waals surface area (Å²) in [4.78, 5) is 4.39. The highest BCUT2D eigenvalue weighted by Gasteiger charge is 2.09. The fourth-order valence-corrected chi connectivity index (χ4v) is 2.08. The van der Waals surface area contributed by atoms with Crippen LogP contribution in [0, 0.1) is 0 Å². The summed E-state index contributed by atoms with van der Waals surface area (Å²) in [6.45, 7) is 2.39. The lowest BCUT2D eigenvalue weighted by Gasteiger charge is -2.12. The van der Waals surface area contributed by atoms with E-state index in [2.05, 4.69) is 17.2 Å². The summed E-state index contributed by atoms with van der Waals surface area (Å²) in [5, 5.41) is 3.56. The van der Waals surface area contributed by atoms with E-state index in [9.17, 15) is 0 Å². The third kappa shape index (κ3) is 3.79. The molecule has 1 aromatic heterocycles. The van der Waals surface area contributed by atoms with Crippen LogP contribution in [0.4, 0.5) is 5.82 Å². The molecule has 0 unspecified atom stereocenters. The number of hydrogen-bond donors (Lipinski definition) is 1. The quantitative estimate of drug-likeness (QED) is 0.878. The third-order valence-corrected chi connectivity index (χ3v) is 3.52. The SMILES string of the molecule is CCc1ccc(OCc2nc(NC)ccc2Cl)c(OC)c1. The second-order valence-electron chi connectivity index (χ2n) is 4.50. The van der Waals surface area contributed by atoms with Crippen molar-refractivity contribution in [2.75, 3.05) is 19.5 Å². The number of aromatic nitrogens is 1. The maximum absolute atomic E-state index is 6.14. The van der Waals surface area contributed by atoms with Gasteiger partial charge in [0, 0.05) is 7.05 Å². The van der Waals surface area contributed by atoms with Crippen LogP contribution in [0.2, 0.25) is 5.02 Å². The Labute approximate surface area is 130 Å². The van der Waals surface area contributed by atoms with Crippen LogP contribution < -0.4 is 14.8 Å². The van der Waals surface area contributed by atoms with Gasteiger partial charge in [0.15, 0.2) is 11.5 Å². The van der Waals surface area contributed by atoms with Gasteiger partial charge >= 0.3 is 0 Å². The fraction of sp³-hybridized carbons (Fsp3) is 0.312. The normalized spacial score (nSPS) is 10.3. The van der Waals surface area contributed by atoms with Gasteiger partial charge in [-0.15, -0.1) is 0 Å². The number of rotatable bonds is 6. The summed E-state index contributed by atoms with van der Waals surface area (Å²) >= 11 is 6.14. The maximum Gasteiger partial charge on any atom is 0.161 e. The first-order valence-electron chi connectivity index (χ1n) is 6.80. The lowest BCUT2D eigenvalue weighted by Crippen LogP contribution is -2.03. The van der Waals surface area contributed by atoms with E-state index in [0.29, 0.717) is 16.5 Å². The van der Waals surface area contributed by atoms with Crippen molar-refractivity contribution in [3.8, 4) is 11.5 Å². The van der Waals surface area contributed by atoms with Crippen molar-refractivity contribution in [2.24, 2.45) is 0 Å². The van der Waals surface area contributed by atoms with Gasteiger partial charge in [0.05, 0.1) is 17.8 Å². The minimum atomic E-state index is 0.288. The van der Waals surface area contributed by atoms with Crippen LogP contribution in [0.25, 0.3) is 0 Å². The van der Waals surface area contributed by atoms with Crippen molar-refractivity contribution in [1.82, 2.24) is 4.98 Å². The number of pyridine rings is 1. The molecule has 0 aliphatic carbocycles. The topological polar surface area (TPSA) is 43.4 Å². The second kappa shape index (κ2) is 7.18. The first-order valence-corrected chi connectivity index (χ1v) is 7.18. The lowest BCUT2D eigenvalue weighted by molar-refractivity contribution is 0.281. The minimum absolute atomic E-state index is 0.288. The molecule has 1 heterocycles. The number of nitrogens with one attached hydrogen (secondary N) is 1. The van der Waals surface area contributed by atoms with Crippen LogP contribution >= 0.6 is 11.6 Å². The van der Waals surface area contributed by atoms with E-state index >= 15 is 0 Å². The van der Waals surface area contributed by atoms with Crippen molar-refractivity contribution in [3.05, 3.63) is 46.6 Å². The molecule has 0 atom stereocenters. The van der Waals surface area contributed by atoms with E-state index in [1.54, 1.807) is 13.2 Å². The molecule has 0 aliphatic rings. The van der Waals surface area contributed by atoms with Gasteiger partial charge in [0.25, 0.3) is 0 Å². The number of nitrogens with zero attached hydrogens (tertiary/aromatic N) is 1. The number of aryl methyl sites for hydroxylation is 1. The summed E-state index contributed by atoms with van der Waals surface area (Å²) in [6, 6.07) is 9.54. The molecule has 2 rings (SSSR count). The van der Waals surface area contributed by atoms with Gasteiger partial charge in [0.2, 0.25) is 0 Å². The summed E-state index contributed by atoms with van der Waals surface area (Å²) in [7, 11) is 3.45. The van der Waals surface area contributed by atoms with Crippen molar-refractivity contribution >= 4 is 17.4 Å². The molecule has 1 N–H and O–H groups in total. The average molecular weight is 307 g/mol. The molecule has 112 valence electrons. The Balaban J connectivity index is 2.16. The number of hydrogen-bond acceptors (Lipinski definition) is 4. The monoisotopic (exact) mass is 306 g/mol. The summed E-state index contributed by atoms with van der Waals surface area (Å²) in [5.74, 6) is 2.16. The molecule has 21 heavy (non-hydrogen) atoms. The van der Waals surface area contributed by atoms with Crippen LogP contribution in [0.5, 0.6) is 11.5 Å².